The summed E-state index contributed by atoms with van der Waals surface area (Å²) in [5, 5.41) is 6.02. The number of aromatic nitrogens is 2. The van der Waals surface area contributed by atoms with Gasteiger partial charge in [-0.25, -0.2) is 9.97 Å². The largest absolute Gasteiger partial charge is 0.352 e. The lowest BCUT2D eigenvalue weighted by molar-refractivity contribution is 0.0948. The van der Waals surface area contributed by atoms with Gasteiger partial charge in [0.2, 0.25) is 5.95 Å². The molecule has 2 aromatic rings. The van der Waals surface area contributed by atoms with Gasteiger partial charge in [0.25, 0.3) is 5.91 Å². The molecule has 1 aromatic heterocycles. The van der Waals surface area contributed by atoms with E-state index >= 15 is 0 Å². The number of carbonyl (C=O) groups is 1. The van der Waals surface area contributed by atoms with Crippen LogP contribution in [0.15, 0.2) is 30.6 Å². The second-order valence-corrected chi connectivity index (χ2v) is 5.77. The summed E-state index contributed by atoms with van der Waals surface area (Å²) < 4.78 is 0. The van der Waals surface area contributed by atoms with Crippen molar-refractivity contribution in [2.45, 2.75) is 27.7 Å². The van der Waals surface area contributed by atoms with E-state index in [0.29, 0.717) is 24.0 Å². The van der Waals surface area contributed by atoms with Crippen molar-refractivity contribution in [3.05, 3.63) is 47.3 Å². The van der Waals surface area contributed by atoms with Crippen LogP contribution in [0.25, 0.3) is 0 Å². The minimum Gasteiger partial charge on any atom is -0.352 e. The number of aryl methyl sites for hydroxylation is 1. The first-order valence-electron chi connectivity index (χ1n) is 7.41. The molecule has 116 valence electrons. The van der Waals surface area contributed by atoms with E-state index in [1.54, 1.807) is 0 Å². The number of benzene rings is 1. The molecule has 0 atom stereocenters. The van der Waals surface area contributed by atoms with E-state index in [1.165, 1.54) is 18.0 Å². The van der Waals surface area contributed by atoms with E-state index < -0.39 is 0 Å². The molecule has 0 saturated heterocycles. The highest BCUT2D eigenvalue weighted by Gasteiger charge is 2.08. The molecular weight excluding hydrogens is 276 g/mol. The predicted molar refractivity (Wildman–Crippen MR) is 88.4 cm³/mol. The van der Waals surface area contributed by atoms with Gasteiger partial charge in [0.05, 0.1) is 5.56 Å². The van der Waals surface area contributed by atoms with Gasteiger partial charge in [-0.15, -0.1) is 0 Å². The maximum atomic E-state index is 11.9. The molecule has 22 heavy (non-hydrogen) atoms. The second kappa shape index (κ2) is 7.02. The fourth-order valence-electron chi connectivity index (χ4n) is 1.92. The Labute approximate surface area is 131 Å². The fourth-order valence-corrected chi connectivity index (χ4v) is 1.92. The van der Waals surface area contributed by atoms with Crippen LogP contribution in [-0.4, -0.2) is 22.4 Å². The Hall–Kier alpha value is -2.43. The van der Waals surface area contributed by atoms with Crippen molar-refractivity contribution in [3.63, 3.8) is 0 Å². The maximum absolute atomic E-state index is 11.9. The fraction of sp³-hybridized carbons (Fsp3) is 0.353. The lowest BCUT2D eigenvalue weighted by Crippen LogP contribution is -2.27. The topological polar surface area (TPSA) is 66.9 Å². The summed E-state index contributed by atoms with van der Waals surface area (Å²) in [6.07, 6.45) is 3.08. The molecule has 1 amide bonds. The van der Waals surface area contributed by atoms with Gasteiger partial charge in [0.15, 0.2) is 0 Å². The molecule has 0 aliphatic heterocycles. The van der Waals surface area contributed by atoms with Crippen LogP contribution in [0.2, 0.25) is 0 Å². The average Bonchev–Trinajstić information content (AvgIpc) is 2.50. The van der Waals surface area contributed by atoms with Gasteiger partial charge in [-0.3, -0.25) is 4.79 Å². The zero-order valence-corrected chi connectivity index (χ0v) is 13.5. The molecular formula is C17H22N4O. The Morgan fingerprint density at radius 1 is 1.18 bits per heavy atom. The summed E-state index contributed by atoms with van der Waals surface area (Å²) in [6.45, 7) is 8.85. The Balaban J connectivity index is 2.06. The van der Waals surface area contributed by atoms with Gasteiger partial charge in [0, 0.05) is 24.6 Å². The molecule has 0 bridgehead atoms. The van der Waals surface area contributed by atoms with Crippen LogP contribution in [0.1, 0.15) is 35.3 Å². The van der Waals surface area contributed by atoms with Gasteiger partial charge in [-0.2, -0.15) is 0 Å². The number of nitrogens with one attached hydrogen (secondary N) is 2. The number of hydrogen-bond acceptors (Lipinski definition) is 4. The van der Waals surface area contributed by atoms with Crippen molar-refractivity contribution in [1.82, 2.24) is 15.3 Å². The number of hydrogen-bond donors (Lipinski definition) is 2. The molecule has 5 heteroatoms. The second-order valence-electron chi connectivity index (χ2n) is 5.77. The molecule has 0 radical (unpaired) electrons. The standard InChI is InChI=1S/C17H22N4O/c1-11(2)8-18-16(22)14-9-19-17(20-10-14)21-15-7-5-6-12(3)13(15)4/h5-7,9-11H,8H2,1-4H3,(H,18,22)(H,19,20,21). The van der Waals surface area contributed by atoms with Crippen molar-refractivity contribution in [1.29, 1.82) is 0 Å². The van der Waals surface area contributed by atoms with E-state index in [-0.39, 0.29) is 5.91 Å². The van der Waals surface area contributed by atoms with Crippen LogP contribution in [0.4, 0.5) is 11.6 Å². The third kappa shape index (κ3) is 4.04. The monoisotopic (exact) mass is 298 g/mol. The Kier molecular flexibility index (Phi) is 5.09. The summed E-state index contributed by atoms with van der Waals surface area (Å²) in [6, 6.07) is 6.02. The van der Waals surface area contributed by atoms with Crippen molar-refractivity contribution >= 4 is 17.5 Å². The molecule has 2 N–H and O–H groups in total. The summed E-state index contributed by atoms with van der Waals surface area (Å²) in [7, 11) is 0. The van der Waals surface area contributed by atoms with Crippen LogP contribution in [0, 0.1) is 19.8 Å². The van der Waals surface area contributed by atoms with E-state index in [2.05, 4.69) is 33.6 Å². The third-order valence-corrected chi connectivity index (χ3v) is 3.44. The van der Waals surface area contributed by atoms with Gasteiger partial charge in [0.1, 0.15) is 0 Å². The number of anilines is 2. The van der Waals surface area contributed by atoms with Crippen LogP contribution in [-0.2, 0) is 0 Å². The van der Waals surface area contributed by atoms with Crippen molar-refractivity contribution in [2.24, 2.45) is 5.92 Å². The number of amides is 1. The highest BCUT2D eigenvalue weighted by atomic mass is 16.1. The van der Waals surface area contributed by atoms with Crippen LogP contribution < -0.4 is 10.6 Å². The lowest BCUT2D eigenvalue weighted by Gasteiger charge is -2.10. The SMILES string of the molecule is Cc1cccc(Nc2ncc(C(=O)NCC(C)C)cn2)c1C. The van der Waals surface area contributed by atoms with Crippen LogP contribution in [0.3, 0.4) is 0 Å². The molecule has 0 spiro atoms. The molecule has 2 rings (SSSR count). The predicted octanol–water partition coefficient (Wildman–Crippen LogP) is 3.22. The maximum Gasteiger partial charge on any atom is 0.254 e. The first-order chi connectivity index (χ1) is 10.5. The Morgan fingerprint density at radius 2 is 1.86 bits per heavy atom. The Morgan fingerprint density at radius 3 is 2.50 bits per heavy atom. The highest BCUT2D eigenvalue weighted by Crippen LogP contribution is 2.20. The molecule has 0 aliphatic carbocycles. The van der Waals surface area contributed by atoms with Crippen molar-refractivity contribution < 1.29 is 4.79 Å². The molecule has 5 nitrogen and oxygen atoms in total. The molecule has 0 fully saturated rings. The smallest absolute Gasteiger partial charge is 0.254 e. The van der Waals surface area contributed by atoms with Crippen molar-refractivity contribution in [3.8, 4) is 0 Å². The summed E-state index contributed by atoms with van der Waals surface area (Å²) in [4.78, 5) is 20.3. The number of carbonyl (C=O) groups excluding carboxylic acids is 1. The van der Waals surface area contributed by atoms with E-state index in [0.717, 1.165) is 11.3 Å². The molecule has 0 unspecified atom stereocenters. The quantitative estimate of drug-likeness (QED) is 0.889. The molecule has 0 saturated carbocycles. The van der Waals surface area contributed by atoms with E-state index in [9.17, 15) is 4.79 Å². The van der Waals surface area contributed by atoms with Crippen LogP contribution in [0.5, 0.6) is 0 Å². The lowest BCUT2D eigenvalue weighted by atomic mass is 10.1. The van der Waals surface area contributed by atoms with Gasteiger partial charge >= 0.3 is 0 Å². The number of nitrogens with zero attached hydrogens (tertiary/aromatic N) is 2. The average molecular weight is 298 g/mol. The van der Waals surface area contributed by atoms with Crippen LogP contribution >= 0.6 is 0 Å². The van der Waals surface area contributed by atoms with E-state index in [1.807, 2.05) is 32.9 Å². The molecule has 1 heterocycles. The summed E-state index contributed by atoms with van der Waals surface area (Å²) in [5.74, 6) is 0.746. The minimum atomic E-state index is -0.146. The summed E-state index contributed by atoms with van der Waals surface area (Å²) in [5.41, 5.74) is 3.80. The summed E-state index contributed by atoms with van der Waals surface area (Å²) >= 11 is 0. The molecule has 1 aromatic carbocycles. The van der Waals surface area contributed by atoms with Crippen molar-refractivity contribution in [2.75, 3.05) is 11.9 Å². The first-order valence-corrected chi connectivity index (χ1v) is 7.41. The first kappa shape index (κ1) is 15.9. The number of rotatable bonds is 5. The minimum absolute atomic E-state index is 0.146. The zero-order chi connectivity index (χ0) is 16.1. The highest BCUT2D eigenvalue weighted by molar-refractivity contribution is 5.93. The zero-order valence-electron chi connectivity index (χ0n) is 13.5. The van der Waals surface area contributed by atoms with Gasteiger partial charge in [-0.05, 0) is 37.0 Å². The van der Waals surface area contributed by atoms with Gasteiger partial charge < -0.3 is 10.6 Å². The van der Waals surface area contributed by atoms with E-state index in [4.69, 9.17) is 0 Å². The normalized spacial score (nSPS) is 10.6. The third-order valence-electron chi connectivity index (χ3n) is 3.44. The molecule has 0 aliphatic rings. The Bertz CT molecular complexity index is 650. The van der Waals surface area contributed by atoms with Gasteiger partial charge in [-0.1, -0.05) is 26.0 Å².